The van der Waals surface area contributed by atoms with Crippen LogP contribution in [0, 0.1) is 5.41 Å². The van der Waals surface area contributed by atoms with Crippen LogP contribution in [0.2, 0.25) is 0 Å². The van der Waals surface area contributed by atoms with Crippen molar-refractivity contribution in [1.29, 1.82) is 0 Å². The van der Waals surface area contributed by atoms with E-state index in [0.29, 0.717) is 12.2 Å². The van der Waals surface area contributed by atoms with E-state index < -0.39 is 0 Å². The molecule has 0 rings (SSSR count). The number of rotatable bonds is 9. The summed E-state index contributed by atoms with van der Waals surface area (Å²) in [6.07, 6.45) is 7.00. The third-order valence-corrected chi connectivity index (χ3v) is 3.67. The lowest BCUT2D eigenvalue weighted by Crippen LogP contribution is -2.27. The summed E-state index contributed by atoms with van der Waals surface area (Å²) in [5, 5.41) is 0. The van der Waals surface area contributed by atoms with E-state index in [9.17, 15) is 4.79 Å². The summed E-state index contributed by atoms with van der Waals surface area (Å²) in [4.78, 5) is 11.4. The summed E-state index contributed by atoms with van der Waals surface area (Å²) >= 11 is 0. The zero-order valence-electron chi connectivity index (χ0n) is 12.0. The predicted molar refractivity (Wildman–Crippen MR) is 72.9 cm³/mol. The van der Waals surface area contributed by atoms with Crippen molar-refractivity contribution in [3.63, 3.8) is 0 Å². The maximum absolute atomic E-state index is 11.4. The minimum atomic E-state index is -0.258. The summed E-state index contributed by atoms with van der Waals surface area (Å²) in [6.45, 7) is 12.4. The molecule has 0 amide bonds. The lowest BCUT2D eigenvalue weighted by molar-refractivity contribution is -0.143. The molecule has 0 atom stereocenters. The van der Waals surface area contributed by atoms with Crippen LogP contribution in [-0.2, 0) is 9.53 Å². The summed E-state index contributed by atoms with van der Waals surface area (Å²) in [6, 6.07) is 0. The van der Waals surface area contributed by atoms with E-state index in [1.807, 2.05) is 0 Å². The van der Waals surface area contributed by atoms with Crippen molar-refractivity contribution in [2.75, 3.05) is 6.61 Å². The topological polar surface area (TPSA) is 26.3 Å². The zero-order chi connectivity index (χ0) is 13.3. The first kappa shape index (κ1) is 16.2. The molecule has 0 heterocycles. The number of hydrogen-bond donors (Lipinski definition) is 0. The van der Waals surface area contributed by atoms with Crippen LogP contribution in [0.5, 0.6) is 0 Å². The minimum absolute atomic E-state index is 0.167. The standard InChI is InChI=1S/C15H28O2/c1-6-9-10-11-15(7-2,8-3)12-17-14(16)13(4)5/h4,6-12H2,1-3,5H3. The Morgan fingerprint density at radius 1 is 1.18 bits per heavy atom. The van der Waals surface area contributed by atoms with E-state index in [4.69, 9.17) is 4.74 Å². The van der Waals surface area contributed by atoms with Crippen LogP contribution in [0.15, 0.2) is 12.2 Å². The summed E-state index contributed by atoms with van der Waals surface area (Å²) in [5.41, 5.74) is 0.653. The van der Waals surface area contributed by atoms with Gasteiger partial charge >= 0.3 is 5.97 Å². The van der Waals surface area contributed by atoms with E-state index in [0.717, 1.165) is 19.3 Å². The van der Waals surface area contributed by atoms with Gasteiger partial charge in [-0.25, -0.2) is 4.79 Å². The van der Waals surface area contributed by atoms with Crippen LogP contribution >= 0.6 is 0 Å². The molecule has 0 aliphatic carbocycles. The van der Waals surface area contributed by atoms with Gasteiger partial charge in [-0.1, -0.05) is 46.6 Å². The van der Waals surface area contributed by atoms with E-state index in [-0.39, 0.29) is 11.4 Å². The van der Waals surface area contributed by atoms with Gasteiger partial charge in [0.05, 0.1) is 6.61 Å². The summed E-state index contributed by atoms with van der Waals surface area (Å²) in [7, 11) is 0. The normalized spacial score (nSPS) is 11.3. The number of hydrogen-bond acceptors (Lipinski definition) is 2. The maximum Gasteiger partial charge on any atom is 0.333 e. The van der Waals surface area contributed by atoms with Gasteiger partial charge in [0.2, 0.25) is 0 Å². The molecule has 0 bridgehead atoms. The zero-order valence-corrected chi connectivity index (χ0v) is 12.0. The molecule has 0 unspecified atom stereocenters. The van der Waals surface area contributed by atoms with Gasteiger partial charge in [-0.2, -0.15) is 0 Å². The fourth-order valence-electron chi connectivity index (χ4n) is 1.97. The number of unbranched alkanes of at least 4 members (excludes halogenated alkanes) is 2. The molecule has 0 saturated carbocycles. The monoisotopic (exact) mass is 240 g/mol. The first-order chi connectivity index (χ1) is 8.01. The van der Waals surface area contributed by atoms with Crippen LogP contribution in [-0.4, -0.2) is 12.6 Å². The minimum Gasteiger partial charge on any atom is -0.462 e. The van der Waals surface area contributed by atoms with Crippen molar-refractivity contribution in [3.8, 4) is 0 Å². The van der Waals surface area contributed by atoms with Crippen molar-refractivity contribution >= 4 is 5.97 Å². The van der Waals surface area contributed by atoms with Crippen LogP contribution in [0.4, 0.5) is 0 Å². The number of ether oxygens (including phenoxy) is 1. The van der Waals surface area contributed by atoms with Crippen molar-refractivity contribution < 1.29 is 9.53 Å². The molecule has 0 spiro atoms. The molecule has 17 heavy (non-hydrogen) atoms. The number of carbonyl (C=O) groups is 1. The van der Waals surface area contributed by atoms with E-state index >= 15 is 0 Å². The first-order valence-electron chi connectivity index (χ1n) is 6.84. The molecule has 0 aliphatic heterocycles. The maximum atomic E-state index is 11.4. The van der Waals surface area contributed by atoms with Gasteiger partial charge in [-0.3, -0.25) is 0 Å². The average molecular weight is 240 g/mol. The Hall–Kier alpha value is -0.790. The van der Waals surface area contributed by atoms with Crippen LogP contribution in [0.3, 0.4) is 0 Å². The molecule has 0 N–H and O–H groups in total. The lowest BCUT2D eigenvalue weighted by Gasteiger charge is -2.31. The molecule has 0 aromatic carbocycles. The first-order valence-corrected chi connectivity index (χ1v) is 6.84. The van der Waals surface area contributed by atoms with Crippen LogP contribution in [0.1, 0.15) is 66.2 Å². The molecule has 100 valence electrons. The molecule has 0 aromatic rings. The Morgan fingerprint density at radius 2 is 1.76 bits per heavy atom. The fourth-order valence-corrected chi connectivity index (χ4v) is 1.97. The Balaban J connectivity index is 4.29. The van der Waals surface area contributed by atoms with Crippen molar-refractivity contribution in [1.82, 2.24) is 0 Å². The van der Waals surface area contributed by atoms with Crippen LogP contribution in [0.25, 0.3) is 0 Å². The highest BCUT2D eigenvalue weighted by Crippen LogP contribution is 2.33. The molecule has 0 saturated heterocycles. The van der Waals surface area contributed by atoms with Gasteiger partial charge in [-0.15, -0.1) is 0 Å². The van der Waals surface area contributed by atoms with Gasteiger partial charge in [-0.05, 0) is 26.2 Å². The van der Waals surface area contributed by atoms with Crippen LogP contribution < -0.4 is 0 Å². The second-order valence-corrected chi connectivity index (χ2v) is 5.02. The Labute approximate surface area is 106 Å². The van der Waals surface area contributed by atoms with Crippen molar-refractivity contribution in [3.05, 3.63) is 12.2 Å². The molecule has 2 nitrogen and oxygen atoms in total. The third-order valence-electron chi connectivity index (χ3n) is 3.67. The Kier molecular flexibility index (Phi) is 7.94. The lowest BCUT2D eigenvalue weighted by atomic mass is 9.78. The van der Waals surface area contributed by atoms with Gasteiger partial charge in [0.25, 0.3) is 0 Å². The average Bonchev–Trinajstić information content (AvgIpc) is 2.33. The van der Waals surface area contributed by atoms with Crippen molar-refractivity contribution in [2.24, 2.45) is 5.41 Å². The second-order valence-electron chi connectivity index (χ2n) is 5.02. The quantitative estimate of drug-likeness (QED) is 0.337. The Bertz CT molecular complexity index is 239. The Morgan fingerprint density at radius 3 is 2.18 bits per heavy atom. The van der Waals surface area contributed by atoms with Gasteiger partial charge in [0.15, 0.2) is 0 Å². The van der Waals surface area contributed by atoms with E-state index in [1.54, 1.807) is 6.92 Å². The molecular formula is C15H28O2. The highest BCUT2D eigenvalue weighted by molar-refractivity contribution is 5.86. The summed E-state index contributed by atoms with van der Waals surface area (Å²) < 4.78 is 5.34. The third kappa shape index (κ3) is 5.90. The molecule has 0 radical (unpaired) electrons. The van der Waals surface area contributed by atoms with Gasteiger partial charge in [0, 0.05) is 11.0 Å². The molecular weight excluding hydrogens is 212 g/mol. The smallest absolute Gasteiger partial charge is 0.333 e. The number of carbonyl (C=O) groups excluding carboxylic acids is 1. The van der Waals surface area contributed by atoms with Gasteiger partial charge in [0.1, 0.15) is 0 Å². The van der Waals surface area contributed by atoms with E-state index in [2.05, 4.69) is 27.4 Å². The van der Waals surface area contributed by atoms with Crippen molar-refractivity contribution in [2.45, 2.75) is 66.2 Å². The predicted octanol–water partition coefficient (Wildman–Crippen LogP) is 4.49. The van der Waals surface area contributed by atoms with Gasteiger partial charge < -0.3 is 4.74 Å². The summed E-state index contributed by atoms with van der Waals surface area (Å²) in [5.74, 6) is -0.258. The molecule has 0 fully saturated rings. The number of esters is 1. The second kappa shape index (κ2) is 8.32. The highest BCUT2D eigenvalue weighted by atomic mass is 16.5. The van der Waals surface area contributed by atoms with E-state index in [1.165, 1.54) is 19.3 Å². The highest BCUT2D eigenvalue weighted by Gasteiger charge is 2.27. The molecule has 2 heteroatoms. The molecule has 0 aromatic heterocycles. The molecule has 0 aliphatic rings. The fraction of sp³-hybridized carbons (Fsp3) is 0.800. The largest absolute Gasteiger partial charge is 0.462 e. The SMILES string of the molecule is C=C(C)C(=O)OCC(CC)(CC)CCCCC.